The molecule has 0 fully saturated rings. The van der Waals surface area contributed by atoms with Crippen LogP contribution in [0.3, 0.4) is 0 Å². The third kappa shape index (κ3) is 4.17. The number of thiophene rings is 1. The quantitative estimate of drug-likeness (QED) is 0.372. The van der Waals surface area contributed by atoms with Gasteiger partial charge in [0.1, 0.15) is 17.3 Å². The van der Waals surface area contributed by atoms with Crippen LogP contribution in [0.25, 0.3) is 10.2 Å². The van der Waals surface area contributed by atoms with Crippen LogP contribution in [0.2, 0.25) is 0 Å². The maximum Gasteiger partial charge on any atom is 0.272 e. The van der Waals surface area contributed by atoms with Crippen LogP contribution in [0.1, 0.15) is 21.6 Å². The molecule has 1 amide bonds. The van der Waals surface area contributed by atoms with Gasteiger partial charge in [-0.2, -0.15) is 5.10 Å². The van der Waals surface area contributed by atoms with Crippen LogP contribution in [0.5, 0.6) is 0 Å². The van der Waals surface area contributed by atoms with Crippen molar-refractivity contribution in [1.29, 1.82) is 0 Å². The van der Waals surface area contributed by atoms with Gasteiger partial charge in [0, 0.05) is 12.7 Å². The fraction of sp³-hybridized carbons (Fsp3) is 0.0833. The normalized spacial score (nSPS) is 11.2. The van der Waals surface area contributed by atoms with Crippen molar-refractivity contribution < 1.29 is 13.6 Å². The zero-order valence-corrected chi connectivity index (χ0v) is 17.7. The van der Waals surface area contributed by atoms with E-state index in [0.717, 1.165) is 21.3 Å². The van der Waals surface area contributed by atoms with Crippen molar-refractivity contribution in [3.63, 3.8) is 0 Å². The highest BCUT2D eigenvalue weighted by Gasteiger charge is 2.18. The molecule has 5 nitrogen and oxygen atoms in total. The minimum atomic E-state index is -0.312. The third-order valence-corrected chi connectivity index (χ3v) is 5.96. The Morgan fingerprint density at radius 2 is 1.69 bits per heavy atom. The maximum absolute atomic E-state index is 13.7. The fourth-order valence-electron chi connectivity index (χ4n) is 3.69. The van der Waals surface area contributed by atoms with Gasteiger partial charge in [0.2, 0.25) is 0 Å². The van der Waals surface area contributed by atoms with Crippen molar-refractivity contribution in [3.05, 3.63) is 107 Å². The number of anilines is 1. The number of aromatic nitrogens is 3. The van der Waals surface area contributed by atoms with Crippen LogP contribution in [-0.2, 0) is 13.1 Å². The molecule has 3 aromatic heterocycles. The molecule has 0 unspecified atom stereocenters. The SMILES string of the molecule is O=C(Nc1cnn(Cc2cccc(F)c2)c1)c1cc2sccc2n1Cc1cccc(F)c1. The maximum atomic E-state index is 13.7. The van der Waals surface area contributed by atoms with Gasteiger partial charge in [0.15, 0.2) is 0 Å². The van der Waals surface area contributed by atoms with E-state index in [1.807, 2.05) is 34.2 Å². The van der Waals surface area contributed by atoms with Crippen molar-refractivity contribution >= 4 is 33.1 Å². The monoisotopic (exact) mass is 448 g/mol. The van der Waals surface area contributed by atoms with Crippen LogP contribution in [0.15, 0.2) is 78.4 Å². The second-order valence-electron chi connectivity index (χ2n) is 7.43. The summed E-state index contributed by atoms with van der Waals surface area (Å²) in [6.07, 6.45) is 3.25. The van der Waals surface area contributed by atoms with E-state index in [-0.39, 0.29) is 17.5 Å². The van der Waals surface area contributed by atoms with Gasteiger partial charge in [0.25, 0.3) is 5.91 Å². The van der Waals surface area contributed by atoms with Crippen molar-refractivity contribution in [2.24, 2.45) is 0 Å². The standard InChI is InChI=1S/C24H18F2N4OS/c25-18-5-1-3-16(9-18)13-29-15-20(12-27-29)28-24(31)22-11-23-21(7-8-32-23)30(22)14-17-4-2-6-19(26)10-17/h1-12,15H,13-14H2,(H,28,31). The lowest BCUT2D eigenvalue weighted by Crippen LogP contribution is -2.17. The summed E-state index contributed by atoms with van der Waals surface area (Å²) in [6, 6.07) is 16.5. The first-order valence-electron chi connectivity index (χ1n) is 9.94. The van der Waals surface area contributed by atoms with E-state index in [9.17, 15) is 13.6 Å². The van der Waals surface area contributed by atoms with Crippen LogP contribution < -0.4 is 5.32 Å². The smallest absolute Gasteiger partial charge is 0.272 e. The molecule has 1 N–H and O–H groups in total. The molecule has 0 aliphatic heterocycles. The largest absolute Gasteiger partial charge is 0.331 e. The summed E-state index contributed by atoms with van der Waals surface area (Å²) in [5, 5.41) is 9.09. The first kappa shape index (κ1) is 20.1. The average Bonchev–Trinajstić information content (AvgIpc) is 3.46. The van der Waals surface area contributed by atoms with Crippen LogP contribution >= 0.6 is 11.3 Å². The topological polar surface area (TPSA) is 51.9 Å². The average molecular weight is 448 g/mol. The van der Waals surface area contributed by atoms with E-state index in [1.54, 1.807) is 40.5 Å². The molecule has 5 rings (SSSR count). The minimum absolute atomic E-state index is 0.282. The highest BCUT2D eigenvalue weighted by molar-refractivity contribution is 7.17. The number of hydrogen-bond donors (Lipinski definition) is 1. The number of benzene rings is 2. The number of rotatable bonds is 6. The number of hydrogen-bond acceptors (Lipinski definition) is 3. The summed E-state index contributed by atoms with van der Waals surface area (Å²) in [5.41, 5.74) is 3.48. The Hall–Kier alpha value is -3.78. The Bertz CT molecular complexity index is 1420. The Labute approximate surface area is 186 Å². The number of carbonyl (C=O) groups is 1. The number of fused-ring (bicyclic) bond motifs is 1. The predicted octanol–water partition coefficient (Wildman–Crippen LogP) is 5.53. The molecule has 5 aromatic rings. The van der Waals surface area contributed by atoms with Gasteiger partial charge in [-0.15, -0.1) is 11.3 Å². The van der Waals surface area contributed by atoms with Gasteiger partial charge in [-0.3, -0.25) is 9.48 Å². The summed E-state index contributed by atoms with van der Waals surface area (Å²) in [5.74, 6) is -0.898. The molecule has 0 aliphatic rings. The number of halogens is 2. The lowest BCUT2D eigenvalue weighted by Gasteiger charge is -2.10. The van der Waals surface area contributed by atoms with Gasteiger partial charge in [0.05, 0.1) is 28.6 Å². The molecule has 0 radical (unpaired) electrons. The first-order valence-corrected chi connectivity index (χ1v) is 10.8. The first-order chi connectivity index (χ1) is 15.5. The Kier molecular flexibility index (Phi) is 5.28. The molecule has 0 saturated carbocycles. The molecule has 0 spiro atoms. The highest BCUT2D eigenvalue weighted by atomic mass is 32.1. The molecule has 0 aliphatic carbocycles. The third-order valence-electron chi connectivity index (χ3n) is 5.11. The Morgan fingerprint density at radius 3 is 2.41 bits per heavy atom. The van der Waals surface area contributed by atoms with Gasteiger partial charge in [-0.05, 0) is 52.9 Å². The summed E-state index contributed by atoms with van der Waals surface area (Å²) >= 11 is 1.54. The number of nitrogens with zero attached hydrogens (tertiary/aromatic N) is 3. The molecule has 8 heteroatoms. The van der Waals surface area contributed by atoms with Crippen molar-refractivity contribution in [1.82, 2.24) is 14.3 Å². The second-order valence-corrected chi connectivity index (χ2v) is 8.37. The Balaban J connectivity index is 1.37. The van der Waals surface area contributed by atoms with Gasteiger partial charge in [-0.1, -0.05) is 24.3 Å². The van der Waals surface area contributed by atoms with Crippen LogP contribution in [0.4, 0.5) is 14.5 Å². The number of carbonyl (C=O) groups excluding carboxylic acids is 1. The lowest BCUT2D eigenvalue weighted by atomic mass is 10.2. The Morgan fingerprint density at radius 1 is 0.969 bits per heavy atom. The summed E-state index contributed by atoms with van der Waals surface area (Å²) in [7, 11) is 0. The lowest BCUT2D eigenvalue weighted by molar-refractivity contribution is 0.101. The molecule has 160 valence electrons. The summed E-state index contributed by atoms with van der Waals surface area (Å²) in [4.78, 5) is 13.1. The van der Waals surface area contributed by atoms with Crippen molar-refractivity contribution in [3.8, 4) is 0 Å². The van der Waals surface area contributed by atoms with Gasteiger partial charge in [-0.25, -0.2) is 8.78 Å². The van der Waals surface area contributed by atoms with Crippen LogP contribution in [-0.4, -0.2) is 20.3 Å². The van der Waals surface area contributed by atoms with E-state index >= 15 is 0 Å². The van der Waals surface area contributed by atoms with Crippen LogP contribution in [0, 0.1) is 11.6 Å². The van der Waals surface area contributed by atoms with E-state index in [2.05, 4.69) is 10.4 Å². The summed E-state index contributed by atoms with van der Waals surface area (Å²) < 4.78 is 31.6. The van der Waals surface area contributed by atoms with E-state index in [1.165, 1.54) is 24.3 Å². The molecule has 0 saturated heterocycles. The van der Waals surface area contributed by atoms with Crippen molar-refractivity contribution in [2.75, 3.05) is 5.32 Å². The molecule has 32 heavy (non-hydrogen) atoms. The fourth-order valence-corrected chi connectivity index (χ4v) is 4.51. The zero-order chi connectivity index (χ0) is 22.1. The second kappa shape index (κ2) is 8.39. The number of amides is 1. The zero-order valence-electron chi connectivity index (χ0n) is 16.8. The van der Waals surface area contributed by atoms with E-state index in [0.29, 0.717) is 24.5 Å². The molecule has 3 heterocycles. The summed E-state index contributed by atoms with van der Waals surface area (Å²) in [6.45, 7) is 0.763. The van der Waals surface area contributed by atoms with Crippen molar-refractivity contribution in [2.45, 2.75) is 13.1 Å². The molecular formula is C24H18F2N4OS. The highest BCUT2D eigenvalue weighted by Crippen LogP contribution is 2.27. The molecule has 0 bridgehead atoms. The molecular weight excluding hydrogens is 430 g/mol. The van der Waals surface area contributed by atoms with Gasteiger partial charge >= 0.3 is 0 Å². The number of nitrogens with one attached hydrogen (secondary N) is 1. The molecule has 2 aromatic carbocycles. The molecule has 0 atom stereocenters. The predicted molar refractivity (Wildman–Crippen MR) is 121 cm³/mol. The van der Waals surface area contributed by atoms with Gasteiger partial charge < -0.3 is 9.88 Å². The van der Waals surface area contributed by atoms with E-state index < -0.39 is 0 Å². The van der Waals surface area contributed by atoms with E-state index in [4.69, 9.17) is 0 Å². The minimum Gasteiger partial charge on any atom is -0.331 e.